The molecule has 0 radical (unpaired) electrons. The number of nitrogens with one attached hydrogen (secondary N) is 1. The van der Waals surface area contributed by atoms with Gasteiger partial charge in [0.25, 0.3) is 0 Å². The molecule has 2 aromatic rings. The standard InChI is InChI=1S/C18H24N2OS/c1-2-13-7-9-14(10-8-13)19-17(21)11-12-18-20-15-5-3-4-6-16(15)22-18/h3-6,13-14H,2,7-12H2,1H3,(H,19,21). The lowest BCUT2D eigenvalue weighted by Gasteiger charge is -2.28. The number of hydrogen-bond acceptors (Lipinski definition) is 3. The number of fused-ring (bicyclic) bond motifs is 1. The zero-order valence-electron chi connectivity index (χ0n) is 13.2. The van der Waals surface area contributed by atoms with Crippen molar-refractivity contribution < 1.29 is 4.79 Å². The predicted molar refractivity (Wildman–Crippen MR) is 92.1 cm³/mol. The highest BCUT2D eigenvalue weighted by atomic mass is 32.1. The molecule has 3 rings (SSSR count). The molecule has 4 heteroatoms. The van der Waals surface area contributed by atoms with Crippen LogP contribution in [-0.2, 0) is 11.2 Å². The Morgan fingerprint density at radius 1 is 1.27 bits per heavy atom. The topological polar surface area (TPSA) is 42.0 Å². The van der Waals surface area contributed by atoms with E-state index in [0.717, 1.165) is 35.7 Å². The summed E-state index contributed by atoms with van der Waals surface area (Å²) < 4.78 is 1.20. The molecular weight excluding hydrogens is 292 g/mol. The molecule has 1 aliphatic carbocycles. The fourth-order valence-corrected chi connectivity index (χ4v) is 4.23. The first-order valence-electron chi connectivity index (χ1n) is 8.38. The van der Waals surface area contributed by atoms with E-state index >= 15 is 0 Å². The van der Waals surface area contributed by atoms with Gasteiger partial charge in [-0.1, -0.05) is 25.5 Å². The van der Waals surface area contributed by atoms with Gasteiger partial charge in [0.1, 0.15) is 0 Å². The minimum Gasteiger partial charge on any atom is -0.353 e. The lowest BCUT2D eigenvalue weighted by Crippen LogP contribution is -2.37. The van der Waals surface area contributed by atoms with Gasteiger partial charge >= 0.3 is 0 Å². The molecule has 0 aliphatic heterocycles. The van der Waals surface area contributed by atoms with Gasteiger partial charge in [-0.3, -0.25) is 4.79 Å². The SMILES string of the molecule is CCC1CCC(NC(=O)CCc2nc3ccccc3s2)CC1. The summed E-state index contributed by atoms with van der Waals surface area (Å²) in [4.78, 5) is 16.7. The molecule has 0 saturated heterocycles. The van der Waals surface area contributed by atoms with Crippen LogP contribution in [0.3, 0.4) is 0 Å². The summed E-state index contributed by atoms with van der Waals surface area (Å²) in [5.74, 6) is 1.05. The Morgan fingerprint density at radius 2 is 2.05 bits per heavy atom. The summed E-state index contributed by atoms with van der Waals surface area (Å²) in [7, 11) is 0. The smallest absolute Gasteiger partial charge is 0.220 e. The summed E-state index contributed by atoms with van der Waals surface area (Å²) in [6.07, 6.45) is 7.39. The third-order valence-electron chi connectivity index (χ3n) is 4.69. The van der Waals surface area contributed by atoms with E-state index in [0.29, 0.717) is 12.5 Å². The van der Waals surface area contributed by atoms with Gasteiger partial charge in [-0.25, -0.2) is 4.98 Å². The summed E-state index contributed by atoms with van der Waals surface area (Å²) >= 11 is 1.70. The van der Waals surface area contributed by atoms with Crippen LogP contribution >= 0.6 is 11.3 Å². The maximum atomic E-state index is 12.1. The van der Waals surface area contributed by atoms with Crippen LogP contribution in [0.1, 0.15) is 50.5 Å². The van der Waals surface area contributed by atoms with Crippen LogP contribution in [0, 0.1) is 5.92 Å². The second-order valence-corrected chi connectivity index (χ2v) is 7.38. The van der Waals surface area contributed by atoms with Crippen LogP contribution in [0.5, 0.6) is 0 Å². The number of aryl methyl sites for hydroxylation is 1. The van der Waals surface area contributed by atoms with Crippen molar-refractivity contribution >= 4 is 27.5 Å². The fourth-order valence-electron chi connectivity index (χ4n) is 3.26. The molecule has 1 fully saturated rings. The minimum absolute atomic E-state index is 0.180. The number of nitrogens with zero attached hydrogens (tertiary/aromatic N) is 1. The van der Waals surface area contributed by atoms with Crippen LogP contribution in [0.2, 0.25) is 0 Å². The Balaban J connectivity index is 1.46. The second-order valence-electron chi connectivity index (χ2n) is 6.27. The Bertz CT molecular complexity index is 596. The van der Waals surface area contributed by atoms with Crippen molar-refractivity contribution in [3.8, 4) is 0 Å². The number of hydrogen-bond donors (Lipinski definition) is 1. The monoisotopic (exact) mass is 316 g/mol. The molecule has 0 atom stereocenters. The first-order valence-corrected chi connectivity index (χ1v) is 9.20. The quantitative estimate of drug-likeness (QED) is 0.893. The minimum atomic E-state index is 0.180. The third-order valence-corrected chi connectivity index (χ3v) is 5.79. The number of rotatable bonds is 5. The molecule has 22 heavy (non-hydrogen) atoms. The zero-order valence-corrected chi connectivity index (χ0v) is 14.0. The van der Waals surface area contributed by atoms with Gasteiger partial charge in [0.15, 0.2) is 0 Å². The average molecular weight is 316 g/mol. The molecule has 1 heterocycles. The Hall–Kier alpha value is -1.42. The van der Waals surface area contributed by atoms with Gasteiger partial charge < -0.3 is 5.32 Å². The molecule has 0 unspecified atom stereocenters. The molecule has 0 bridgehead atoms. The number of benzene rings is 1. The molecule has 3 nitrogen and oxygen atoms in total. The van der Waals surface area contributed by atoms with E-state index in [2.05, 4.69) is 23.3 Å². The number of carbonyl (C=O) groups excluding carboxylic acids is 1. The van der Waals surface area contributed by atoms with Crippen molar-refractivity contribution in [1.29, 1.82) is 0 Å². The number of amides is 1. The maximum absolute atomic E-state index is 12.1. The molecule has 1 aliphatic rings. The predicted octanol–water partition coefficient (Wildman–Crippen LogP) is 4.31. The largest absolute Gasteiger partial charge is 0.353 e. The van der Waals surface area contributed by atoms with Gasteiger partial charge in [0.2, 0.25) is 5.91 Å². The summed E-state index contributed by atoms with van der Waals surface area (Å²) in [6.45, 7) is 2.27. The van der Waals surface area contributed by atoms with E-state index in [1.54, 1.807) is 11.3 Å². The first-order chi connectivity index (χ1) is 10.7. The van der Waals surface area contributed by atoms with Crippen LogP contribution in [0.25, 0.3) is 10.2 Å². The van der Waals surface area contributed by atoms with Crippen molar-refractivity contribution in [3.63, 3.8) is 0 Å². The lowest BCUT2D eigenvalue weighted by atomic mass is 9.84. The number of para-hydroxylation sites is 1. The maximum Gasteiger partial charge on any atom is 0.220 e. The zero-order chi connectivity index (χ0) is 15.4. The molecule has 118 valence electrons. The normalized spacial score (nSPS) is 21.9. The number of thiazole rings is 1. The van der Waals surface area contributed by atoms with Gasteiger partial charge in [-0.05, 0) is 43.7 Å². The molecule has 1 aromatic carbocycles. The van der Waals surface area contributed by atoms with Gasteiger partial charge in [0.05, 0.1) is 15.2 Å². The van der Waals surface area contributed by atoms with E-state index in [1.807, 2.05) is 18.2 Å². The van der Waals surface area contributed by atoms with Gasteiger partial charge in [-0.2, -0.15) is 0 Å². The van der Waals surface area contributed by atoms with Crippen LogP contribution in [0.15, 0.2) is 24.3 Å². The molecular formula is C18H24N2OS. The fraction of sp³-hybridized carbons (Fsp3) is 0.556. The molecule has 1 N–H and O–H groups in total. The Kier molecular flexibility index (Phi) is 5.08. The van der Waals surface area contributed by atoms with Gasteiger partial charge in [0, 0.05) is 18.9 Å². The third kappa shape index (κ3) is 3.86. The molecule has 1 amide bonds. The van der Waals surface area contributed by atoms with Crippen LogP contribution in [-0.4, -0.2) is 16.9 Å². The van der Waals surface area contributed by atoms with Crippen molar-refractivity contribution in [2.45, 2.75) is 57.9 Å². The highest BCUT2D eigenvalue weighted by Crippen LogP contribution is 2.26. The number of aromatic nitrogens is 1. The summed E-state index contributed by atoms with van der Waals surface area (Å²) in [5.41, 5.74) is 1.04. The molecule has 1 aromatic heterocycles. The highest BCUT2D eigenvalue weighted by Gasteiger charge is 2.21. The molecule has 1 saturated carbocycles. The number of carbonyl (C=O) groups is 1. The average Bonchev–Trinajstić information content (AvgIpc) is 2.96. The van der Waals surface area contributed by atoms with E-state index in [4.69, 9.17) is 0 Å². The Labute approximate surface area is 136 Å². The van der Waals surface area contributed by atoms with Crippen molar-refractivity contribution in [2.75, 3.05) is 0 Å². The van der Waals surface area contributed by atoms with Crippen molar-refractivity contribution in [2.24, 2.45) is 5.92 Å². The van der Waals surface area contributed by atoms with Crippen molar-refractivity contribution in [3.05, 3.63) is 29.3 Å². The van der Waals surface area contributed by atoms with Gasteiger partial charge in [-0.15, -0.1) is 11.3 Å². The van der Waals surface area contributed by atoms with E-state index < -0.39 is 0 Å². The summed E-state index contributed by atoms with van der Waals surface area (Å²) in [5, 5.41) is 4.27. The lowest BCUT2D eigenvalue weighted by molar-refractivity contribution is -0.122. The van der Waals surface area contributed by atoms with Crippen LogP contribution < -0.4 is 5.32 Å². The molecule has 0 spiro atoms. The van der Waals surface area contributed by atoms with Crippen LogP contribution in [0.4, 0.5) is 0 Å². The van der Waals surface area contributed by atoms with E-state index in [1.165, 1.54) is 24.0 Å². The Morgan fingerprint density at radius 3 is 2.77 bits per heavy atom. The second kappa shape index (κ2) is 7.23. The summed E-state index contributed by atoms with van der Waals surface area (Å²) in [6, 6.07) is 8.55. The van der Waals surface area contributed by atoms with E-state index in [9.17, 15) is 4.79 Å². The highest BCUT2D eigenvalue weighted by molar-refractivity contribution is 7.18. The van der Waals surface area contributed by atoms with E-state index in [-0.39, 0.29) is 5.91 Å². The van der Waals surface area contributed by atoms with Crippen molar-refractivity contribution in [1.82, 2.24) is 10.3 Å². The first kappa shape index (κ1) is 15.5.